The van der Waals surface area contributed by atoms with Crippen LogP contribution in [-0.2, 0) is 4.79 Å². The van der Waals surface area contributed by atoms with Crippen LogP contribution in [0.15, 0.2) is 0 Å². The Hall–Kier alpha value is -0.610. The Kier molecular flexibility index (Phi) is 4.38. The van der Waals surface area contributed by atoms with Gasteiger partial charge in [0, 0.05) is 25.2 Å². The van der Waals surface area contributed by atoms with Crippen molar-refractivity contribution in [3.8, 4) is 0 Å². The summed E-state index contributed by atoms with van der Waals surface area (Å²) in [5.41, 5.74) is 0. The zero-order valence-corrected chi connectivity index (χ0v) is 11.9. The third-order valence-corrected chi connectivity index (χ3v) is 5.07. The van der Waals surface area contributed by atoms with Crippen LogP contribution in [0.25, 0.3) is 0 Å². The number of rotatable bonds is 3. The van der Waals surface area contributed by atoms with E-state index in [1.165, 1.54) is 58.0 Å². The maximum Gasteiger partial charge on any atom is 0.236 e. The van der Waals surface area contributed by atoms with Gasteiger partial charge in [0.05, 0.1) is 6.54 Å². The number of likely N-dealkylation sites (tertiary alicyclic amines) is 1. The molecule has 4 heteroatoms. The van der Waals surface area contributed by atoms with Crippen molar-refractivity contribution in [3.05, 3.63) is 0 Å². The van der Waals surface area contributed by atoms with Crippen LogP contribution in [0, 0.1) is 0 Å². The Morgan fingerprint density at radius 1 is 1.00 bits per heavy atom. The molecule has 3 fully saturated rings. The third kappa shape index (κ3) is 3.29. The molecule has 0 radical (unpaired) electrons. The molecule has 3 aliphatic rings. The maximum absolute atomic E-state index is 12.1. The molecule has 0 aliphatic carbocycles. The van der Waals surface area contributed by atoms with Gasteiger partial charge in [0.25, 0.3) is 0 Å². The van der Waals surface area contributed by atoms with Crippen molar-refractivity contribution in [1.29, 1.82) is 0 Å². The first-order valence-corrected chi connectivity index (χ1v) is 8.08. The van der Waals surface area contributed by atoms with Gasteiger partial charge in [0.2, 0.25) is 5.91 Å². The van der Waals surface area contributed by atoms with Crippen LogP contribution in [0.5, 0.6) is 0 Å². The predicted molar refractivity (Wildman–Crippen MR) is 76.1 cm³/mol. The SMILES string of the molecule is O=C(CNC1CCN2CCCC2C1)N1CCCCC1. The van der Waals surface area contributed by atoms with E-state index in [1.807, 2.05) is 4.90 Å². The lowest BCUT2D eigenvalue weighted by molar-refractivity contribution is -0.131. The van der Waals surface area contributed by atoms with Gasteiger partial charge in [-0.1, -0.05) is 0 Å². The number of nitrogens with zero attached hydrogens (tertiary/aromatic N) is 2. The van der Waals surface area contributed by atoms with Crippen LogP contribution in [-0.4, -0.2) is 60.5 Å². The summed E-state index contributed by atoms with van der Waals surface area (Å²) in [4.78, 5) is 16.8. The Morgan fingerprint density at radius 3 is 2.68 bits per heavy atom. The van der Waals surface area contributed by atoms with E-state index in [1.54, 1.807) is 0 Å². The minimum atomic E-state index is 0.313. The lowest BCUT2D eigenvalue weighted by atomic mass is 9.97. The first kappa shape index (κ1) is 13.4. The Balaban J connectivity index is 1.40. The highest BCUT2D eigenvalue weighted by atomic mass is 16.2. The van der Waals surface area contributed by atoms with E-state index in [4.69, 9.17) is 0 Å². The Morgan fingerprint density at radius 2 is 1.84 bits per heavy atom. The largest absolute Gasteiger partial charge is 0.342 e. The van der Waals surface area contributed by atoms with E-state index in [9.17, 15) is 4.79 Å². The second-order valence-electron chi connectivity index (χ2n) is 6.38. The van der Waals surface area contributed by atoms with Crippen LogP contribution < -0.4 is 5.32 Å². The van der Waals surface area contributed by atoms with E-state index in [-0.39, 0.29) is 0 Å². The van der Waals surface area contributed by atoms with Crippen LogP contribution in [0.1, 0.15) is 44.9 Å². The molecule has 3 saturated heterocycles. The molecule has 0 spiro atoms. The van der Waals surface area contributed by atoms with E-state index in [0.29, 0.717) is 18.5 Å². The fourth-order valence-electron chi connectivity index (χ4n) is 3.90. The molecule has 3 heterocycles. The first-order chi connectivity index (χ1) is 9.33. The summed E-state index contributed by atoms with van der Waals surface area (Å²) < 4.78 is 0. The molecule has 3 aliphatic heterocycles. The van der Waals surface area contributed by atoms with Crippen LogP contribution in [0.4, 0.5) is 0 Å². The van der Waals surface area contributed by atoms with Crippen LogP contribution in [0.2, 0.25) is 0 Å². The zero-order chi connectivity index (χ0) is 13.1. The summed E-state index contributed by atoms with van der Waals surface area (Å²) in [6.07, 6.45) is 8.84. The summed E-state index contributed by atoms with van der Waals surface area (Å²) >= 11 is 0. The fourth-order valence-corrected chi connectivity index (χ4v) is 3.90. The van der Waals surface area contributed by atoms with Crippen molar-refractivity contribution in [2.24, 2.45) is 0 Å². The molecule has 2 atom stereocenters. The van der Waals surface area contributed by atoms with Gasteiger partial charge in [0.1, 0.15) is 0 Å². The molecule has 0 saturated carbocycles. The average Bonchev–Trinajstić information content (AvgIpc) is 2.93. The Bertz CT molecular complexity index is 315. The van der Waals surface area contributed by atoms with E-state index in [0.717, 1.165) is 19.1 Å². The van der Waals surface area contributed by atoms with Gasteiger partial charge in [-0.05, 0) is 58.0 Å². The second-order valence-corrected chi connectivity index (χ2v) is 6.38. The molecular formula is C15H27N3O. The van der Waals surface area contributed by atoms with Crippen molar-refractivity contribution in [2.75, 3.05) is 32.7 Å². The van der Waals surface area contributed by atoms with Gasteiger partial charge in [-0.15, -0.1) is 0 Å². The fraction of sp³-hybridized carbons (Fsp3) is 0.933. The number of fused-ring (bicyclic) bond motifs is 1. The molecule has 4 nitrogen and oxygen atoms in total. The molecule has 19 heavy (non-hydrogen) atoms. The molecule has 0 aromatic carbocycles. The number of nitrogens with one attached hydrogen (secondary N) is 1. The highest BCUT2D eigenvalue weighted by Gasteiger charge is 2.31. The highest BCUT2D eigenvalue weighted by molar-refractivity contribution is 5.78. The normalized spacial score (nSPS) is 32.3. The summed E-state index contributed by atoms with van der Waals surface area (Å²) in [6.45, 7) is 5.02. The lowest BCUT2D eigenvalue weighted by Gasteiger charge is -2.35. The molecular weight excluding hydrogens is 238 g/mol. The third-order valence-electron chi connectivity index (χ3n) is 5.07. The summed E-state index contributed by atoms with van der Waals surface area (Å²) in [6, 6.07) is 1.35. The minimum absolute atomic E-state index is 0.313. The molecule has 0 bridgehead atoms. The Labute approximate surface area is 116 Å². The van der Waals surface area contributed by atoms with E-state index in [2.05, 4.69) is 10.2 Å². The number of carbonyl (C=O) groups excluding carboxylic acids is 1. The topological polar surface area (TPSA) is 35.6 Å². The summed E-state index contributed by atoms with van der Waals surface area (Å²) in [5, 5.41) is 3.51. The number of hydrogen-bond acceptors (Lipinski definition) is 3. The quantitative estimate of drug-likeness (QED) is 0.833. The van der Waals surface area contributed by atoms with Gasteiger partial charge < -0.3 is 15.1 Å². The van der Waals surface area contributed by atoms with E-state index < -0.39 is 0 Å². The predicted octanol–water partition coefficient (Wildman–Crippen LogP) is 1.22. The number of amides is 1. The monoisotopic (exact) mass is 265 g/mol. The van der Waals surface area contributed by atoms with Crippen molar-refractivity contribution in [3.63, 3.8) is 0 Å². The van der Waals surface area contributed by atoms with Crippen LogP contribution in [0.3, 0.4) is 0 Å². The number of hydrogen-bond donors (Lipinski definition) is 1. The molecule has 1 N–H and O–H groups in total. The molecule has 3 rings (SSSR count). The molecule has 108 valence electrons. The molecule has 0 aromatic rings. The van der Waals surface area contributed by atoms with E-state index >= 15 is 0 Å². The minimum Gasteiger partial charge on any atom is -0.342 e. The first-order valence-electron chi connectivity index (χ1n) is 8.08. The highest BCUT2D eigenvalue weighted by Crippen LogP contribution is 2.26. The summed E-state index contributed by atoms with van der Waals surface area (Å²) in [7, 11) is 0. The standard InChI is InChI=1S/C15H27N3O/c19-15(18-7-2-1-3-8-18)12-16-13-6-10-17-9-4-5-14(17)11-13/h13-14,16H,1-12H2. The van der Waals surface area contributed by atoms with Gasteiger partial charge in [-0.2, -0.15) is 0 Å². The van der Waals surface area contributed by atoms with Gasteiger partial charge in [-0.25, -0.2) is 0 Å². The number of carbonyl (C=O) groups is 1. The zero-order valence-electron chi connectivity index (χ0n) is 11.9. The summed E-state index contributed by atoms with van der Waals surface area (Å²) in [5.74, 6) is 0.313. The van der Waals surface area contributed by atoms with Crippen molar-refractivity contribution >= 4 is 5.91 Å². The second kappa shape index (κ2) is 6.23. The number of piperidine rings is 2. The smallest absolute Gasteiger partial charge is 0.236 e. The van der Waals surface area contributed by atoms with Crippen molar-refractivity contribution in [1.82, 2.24) is 15.1 Å². The maximum atomic E-state index is 12.1. The van der Waals surface area contributed by atoms with Gasteiger partial charge >= 0.3 is 0 Å². The van der Waals surface area contributed by atoms with Gasteiger partial charge in [-0.3, -0.25) is 4.79 Å². The van der Waals surface area contributed by atoms with Crippen LogP contribution >= 0.6 is 0 Å². The van der Waals surface area contributed by atoms with Crippen molar-refractivity contribution in [2.45, 2.75) is 57.0 Å². The van der Waals surface area contributed by atoms with Crippen molar-refractivity contribution < 1.29 is 4.79 Å². The molecule has 2 unspecified atom stereocenters. The molecule has 1 amide bonds. The lowest BCUT2D eigenvalue weighted by Crippen LogP contribution is -2.49. The average molecular weight is 265 g/mol. The molecule has 0 aromatic heterocycles. The van der Waals surface area contributed by atoms with Gasteiger partial charge in [0.15, 0.2) is 0 Å².